The summed E-state index contributed by atoms with van der Waals surface area (Å²) in [4.78, 5) is 16.8. The largest absolute Gasteiger partial charge is 0.464 e. The van der Waals surface area contributed by atoms with Crippen LogP contribution in [0.3, 0.4) is 0 Å². The van der Waals surface area contributed by atoms with Crippen molar-refractivity contribution in [1.82, 2.24) is 9.80 Å². The lowest BCUT2D eigenvalue weighted by atomic mass is 9.78. The van der Waals surface area contributed by atoms with E-state index in [4.69, 9.17) is 4.42 Å². The zero-order valence-corrected chi connectivity index (χ0v) is 13.9. The molecular formula is C18H28N2O2. The third kappa shape index (κ3) is 3.54. The van der Waals surface area contributed by atoms with E-state index in [0.29, 0.717) is 19.1 Å². The number of carbonyl (C=O) groups is 1. The molecule has 3 rings (SSSR count). The Labute approximate surface area is 133 Å². The molecular weight excluding hydrogens is 276 g/mol. The lowest BCUT2D eigenvalue weighted by Crippen LogP contribution is -2.50. The average molecular weight is 304 g/mol. The van der Waals surface area contributed by atoms with Gasteiger partial charge in [-0.2, -0.15) is 0 Å². The zero-order chi connectivity index (χ0) is 15.5. The second-order valence-electron chi connectivity index (χ2n) is 6.99. The summed E-state index contributed by atoms with van der Waals surface area (Å²) in [6, 6.07) is 4.55. The number of nitrogens with zero attached hydrogens (tertiary/aromatic N) is 2. The summed E-state index contributed by atoms with van der Waals surface area (Å²) < 4.78 is 5.57. The number of aryl methyl sites for hydroxylation is 1. The van der Waals surface area contributed by atoms with Gasteiger partial charge in [0.2, 0.25) is 5.91 Å². The minimum absolute atomic E-state index is 0.209. The quantitative estimate of drug-likeness (QED) is 0.857. The van der Waals surface area contributed by atoms with E-state index < -0.39 is 0 Å². The topological polar surface area (TPSA) is 36.7 Å². The number of rotatable bonds is 4. The van der Waals surface area contributed by atoms with Crippen molar-refractivity contribution in [2.75, 3.05) is 20.1 Å². The van der Waals surface area contributed by atoms with Gasteiger partial charge in [-0.05, 0) is 57.2 Å². The van der Waals surface area contributed by atoms with Crippen LogP contribution in [0.5, 0.6) is 0 Å². The molecule has 22 heavy (non-hydrogen) atoms. The van der Waals surface area contributed by atoms with Crippen LogP contribution in [0.25, 0.3) is 0 Å². The Morgan fingerprint density at radius 3 is 2.82 bits per heavy atom. The van der Waals surface area contributed by atoms with Gasteiger partial charge < -0.3 is 9.32 Å². The second kappa shape index (κ2) is 6.86. The molecule has 2 unspecified atom stereocenters. The van der Waals surface area contributed by atoms with E-state index in [1.54, 1.807) is 4.90 Å². The fourth-order valence-electron chi connectivity index (χ4n) is 4.11. The Bertz CT molecular complexity index is 509. The Hall–Kier alpha value is -1.29. The van der Waals surface area contributed by atoms with Gasteiger partial charge in [0.15, 0.2) is 0 Å². The van der Waals surface area contributed by atoms with Crippen molar-refractivity contribution in [3.05, 3.63) is 23.7 Å². The van der Waals surface area contributed by atoms with E-state index in [0.717, 1.165) is 24.0 Å². The normalized spacial score (nSPS) is 25.7. The van der Waals surface area contributed by atoms with Gasteiger partial charge in [-0.25, -0.2) is 0 Å². The van der Waals surface area contributed by atoms with Crippen LogP contribution < -0.4 is 0 Å². The lowest BCUT2D eigenvalue weighted by molar-refractivity contribution is -0.133. The first kappa shape index (κ1) is 15.6. The van der Waals surface area contributed by atoms with E-state index in [2.05, 4.69) is 4.90 Å². The smallest absolute Gasteiger partial charge is 0.236 e. The van der Waals surface area contributed by atoms with Crippen LogP contribution in [0.2, 0.25) is 0 Å². The van der Waals surface area contributed by atoms with Crippen LogP contribution in [0, 0.1) is 12.8 Å². The van der Waals surface area contributed by atoms with Crippen molar-refractivity contribution in [3.8, 4) is 0 Å². The molecule has 4 heteroatoms. The maximum atomic E-state index is 12.5. The Morgan fingerprint density at radius 2 is 2.05 bits per heavy atom. The molecule has 1 aliphatic carbocycles. The Morgan fingerprint density at radius 1 is 1.27 bits per heavy atom. The van der Waals surface area contributed by atoms with Crippen LogP contribution in [0.1, 0.15) is 50.0 Å². The zero-order valence-electron chi connectivity index (χ0n) is 13.9. The SMILES string of the molecule is Cc1ccc(CN(C)C(=O)CN2CCCC3CCCCC32)o1. The van der Waals surface area contributed by atoms with Crippen molar-refractivity contribution in [3.63, 3.8) is 0 Å². The number of furan rings is 1. The molecule has 2 fully saturated rings. The first-order chi connectivity index (χ1) is 10.6. The summed E-state index contributed by atoms with van der Waals surface area (Å²) in [5.74, 6) is 2.80. The first-order valence-electron chi connectivity index (χ1n) is 8.67. The third-order valence-electron chi connectivity index (χ3n) is 5.31. The number of likely N-dealkylation sites (N-methyl/N-ethyl adjacent to an activating group) is 1. The molecule has 1 aromatic heterocycles. The minimum atomic E-state index is 0.209. The standard InChI is InChI=1S/C18H28N2O2/c1-14-9-10-16(22-14)12-19(2)18(21)13-20-11-5-7-15-6-3-4-8-17(15)20/h9-10,15,17H,3-8,11-13H2,1-2H3. The van der Waals surface area contributed by atoms with Crippen LogP contribution >= 0.6 is 0 Å². The van der Waals surface area contributed by atoms with Gasteiger partial charge in [0.1, 0.15) is 11.5 Å². The Balaban J connectivity index is 1.55. The highest BCUT2D eigenvalue weighted by Crippen LogP contribution is 2.35. The number of carbonyl (C=O) groups excluding carboxylic acids is 1. The van der Waals surface area contributed by atoms with E-state index in [1.165, 1.54) is 38.5 Å². The molecule has 4 nitrogen and oxygen atoms in total. The predicted octanol–water partition coefficient (Wildman–Crippen LogP) is 3.20. The van der Waals surface area contributed by atoms with Gasteiger partial charge in [0.25, 0.3) is 0 Å². The molecule has 1 saturated carbocycles. The number of likely N-dealkylation sites (tertiary alicyclic amines) is 1. The fourth-order valence-corrected chi connectivity index (χ4v) is 4.11. The molecule has 1 aromatic rings. The summed E-state index contributed by atoms with van der Waals surface area (Å²) >= 11 is 0. The van der Waals surface area contributed by atoms with E-state index in [-0.39, 0.29) is 5.91 Å². The van der Waals surface area contributed by atoms with Crippen LogP contribution in [-0.2, 0) is 11.3 Å². The summed E-state index contributed by atoms with van der Waals surface area (Å²) in [6.45, 7) is 4.15. The average Bonchev–Trinajstić information content (AvgIpc) is 2.92. The maximum absolute atomic E-state index is 12.5. The number of hydrogen-bond acceptors (Lipinski definition) is 3. The van der Waals surface area contributed by atoms with Crippen molar-refractivity contribution < 1.29 is 9.21 Å². The monoisotopic (exact) mass is 304 g/mol. The molecule has 2 heterocycles. The van der Waals surface area contributed by atoms with Gasteiger partial charge in [-0.3, -0.25) is 9.69 Å². The first-order valence-corrected chi connectivity index (χ1v) is 8.67. The van der Waals surface area contributed by atoms with Gasteiger partial charge in [-0.1, -0.05) is 12.8 Å². The molecule has 0 bridgehead atoms. The lowest BCUT2D eigenvalue weighted by Gasteiger charge is -2.44. The summed E-state index contributed by atoms with van der Waals surface area (Å²) in [6.07, 6.45) is 7.94. The van der Waals surface area contributed by atoms with Crippen molar-refractivity contribution >= 4 is 5.91 Å². The van der Waals surface area contributed by atoms with E-state index >= 15 is 0 Å². The van der Waals surface area contributed by atoms with Crippen LogP contribution in [0.4, 0.5) is 0 Å². The second-order valence-corrected chi connectivity index (χ2v) is 6.99. The molecule has 2 aliphatic rings. The predicted molar refractivity (Wildman–Crippen MR) is 86.5 cm³/mol. The summed E-state index contributed by atoms with van der Waals surface area (Å²) in [5, 5.41) is 0. The van der Waals surface area contributed by atoms with Crippen molar-refractivity contribution in [2.24, 2.45) is 5.92 Å². The van der Waals surface area contributed by atoms with Gasteiger partial charge in [0.05, 0.1) is 13.1 Å². The van der Waals surface area contributed by atoms with Gasteiger partial charge in [-0.15, -0.1) is 0 Å². The number of hydrogen-bond donors (Lipinski definition) is 0. The summed E-state index contributed by atoms with van der Waals surface area (Å²) in [5.41, 5.74) is 0. The Kier molecular flexibility index (Phi) is 4.87. The highest BCUT2D eigenvalue weighted by Gasteiger charge is 2.34. The van der Waals surface area contributed by atoms with Crippen molar-refractivity contribution in [1.29, 1.82) is 0 Å². The molecule has 1 saturated heterocycles. The van der Waals surface area contributed by atoms with Crippen LogP contribution in [0.15, 0.2) is 16.5 Å². The van der Waals surface area contributed by atoms with Crippen LogP contribution in [-0.4, -0.2) is 41.9 Å². The summed E-state index contributed by atoms with van der Waals surface area (Å²) in [7, 11) is 1.88. The van der Waals surface area contributed by atoms with Gasteiger partial charge >= 0.3 is 0 Å². The molecule has 0 radical (unpaired) electrons. The highest BCUT2D eigenvalue weighted by molar-refractivity contribution is 5.78. The van der Waals surface area contributed by atoms with Gasteiger partial charge in [0, 0.05) is 13.1 Å². The molecule has 0 N–H and O–H groups in total. The number of fused-ring (bicyclic) bond motifs is 1. The fraction of sp³-hybridized carbons (Fsp3) is 0.722. The number of amides is 1. The highest BCUT2D eigenvalue weighted by atomic mass is 16.3. The molecule has 0 aromatic carbocycles. The minimum Gasteiger partial charge on any atom is -0.464 e. The number of piperidine rings is 1. The van der Waals surface area contributed by atoms with E-state index in [1.807, 2.05) is 26.1 Å². The maximum Gasteiger partial charge on any atom is 0.236 e. The molecule has 122 valence electrons. The molecule has 2 atom stereocenters. The van der Waals surface area contributed by atoms with Crippen molar-refractivity contribution in [2.45, 2.75) is 58.0 Å². The van der Waals surface area contributed by atoms with E-state index in [9.17, 15) is 4.79 Å². The third-order valence-corrected chi connectivity index (χ3v) is 5.31. The molecule has 0 spiro atoms. The molecule has 1 amide bonds. The molecule has 1 aliphatic heterocycles.